The van der Waals surface area contributed by atoms with Crippen molar-refractivity contribution in [2.24, 2.45) is 11.8 Å². The van der Waals surface area contributed by atoms with E-state index >= 15 is 0 Å². The first-order chi connectivity index (χ1) is 30.4. The number of carbonyl (C=O) groups excluding carboxylic acids is 4. The number of fused-ring (bicyclic) bond motifs is 6. The number of H-pyrrole nitrogens is 2. The number of aromatic nitrogens is 4. The minimum atomic E-state index is -0.915. The normalized spacial score (nSPS) is 20.2. The fourth-order valence-corrected chi connectivity index (χ4v) is 9.59. The zero-order valence-electron chi connectivity index (χ0n) is 36.2. The van der Waals surface area contributed by atoms with E-state index in [1.165, 1.54) is 14.2 Å². The second-order valence-corrected chi connectivity index (χ2v) is 17.4. The summed E-state index contributed by atoms with van der Waals surface area (Å²) in [4.78, 5) is 73.3. The molecule has 0 radical (unpaired) electrons. The lowest BCUT2D eigenvalue weighted by molar-refractivity contribution is -0.137. The van der Waals surface area contributed by atoms with Gasteiger partial charge in [0, 0.05) is 23.5 Å². The van der Waals surface area contributed by atoms with Gasteiger partial charge in [-0.1, -0.05) is 69.3 Å². The highest BCUT2D eigenvalue weighted by molar-refractivity contribution is 6.07. The quantitative estimate of drug-likeness (QED) is 0.112. The highest BCUT2D eigenvalue weighted by Gasteiger charge is 2.42. The van der Waals surface area contributed by atoms with E-state index in [1.807, 2.05) is 73.2 Å². The van der Waals surface area contributed by atoms with Gasteiger partial charge in [0.25, 0.3) is 5.91 Å². The second-order valence-electron chi connectivity index (χ2n) is 17.4. The number of alkyl carbamates (subject to hydrolysis) is 2. The maximum atomic E-state index is 14.3. The van der Waals surface area contributed by atoms with Crippen LogP contribution in [0.3, 0.4) is 0 Å². The number of carbonyl (C=O) groups is 4. The average molecular weight is 853 g/mol. The van der Waals surface area contributed by atoms with Crippen LogP contribution in [-0.4, -0.2) is 86.6 Å². The molecule has 3 aliphatic rings. The highest BCUT2D eigenvalue weighted by atomic mass is 16.5. The van der Waals surface area contributed by atoms with Gasteiger partial charge >= 0.3 is 12.2 Å². The van der Waals surface area contributed by atoms with Crippen LogP contribution >= 0.6 is 0 Å². The van der Waals surface area contributed by atoms with Crippen molar-refractivity contribution in [2.45, 2.75) is 83.8 Å². The largest absolute Gasteiger partial charge is 0.488 e. The Morgan fingerprint density at radius 1 is 0.841 bits per heavy atom. The summed E-state index contributed by atoms with van der Waals surface area (Å²) in [6, 6.07) is 21.6. The van der Waals surface area contributed by atoms with Gasteiger partial charge in [0.15, 0.2) is 0 Å². The molecule has 9 rings (SSSR count). The number of rotatable bonds is 9. The van der Waals surface area contributed by atoms with Gasteiger partial charge in [0.05, 0.1) is 49.2 Å². The van der Waals surface area contributed by atoms with Crippen LogP contribution in [0.15, 0.2) is 79.0 Å². The molecule has 2 fully saturated rings. The molecule has 63 heavy (non-hydrogen) atoms. The summed E-state index contributed by atoms with van der Waals surface area (Å²) in [5.41, 5.74) is 7.20. The molecule has 0 bridgehead atoms. The number of imidazole rings is 2. The van der Waals surface area contributed by atoms with Gasteiger partial charge in [-0.25, -0.2) is 19.6 Å². The number of ether oxygens (including phenoxy) is 3. The van der Waals surface area contributed by atoms with Gasteiger partial charge in [-0.15, -0.1) is 0 Å². The molecule has 2 aromatic heterocycles. The molecule has 15 heteroatoms. The summed E-state index contributed by atoms with van der Waals surface area (Å²) < 4.78 is 16.1. The van der Waals surface area contributed by atoms with Crippen molar-refractivity contribution in [3.8, 4) is 28.1 Å². The van der Waals surface area contributed by atoms with Crippen LogP contribution in [0.4, 0.5) is 9.59 Å². The summed E-state index contributed by atoms with van der Waals surface area (Å²) in [5, 5.41) is 7.41. The highest BCUT2D eigenvalue weighted by Crippen LogP contribution is 2.44. The van der Waals surface area contributed by atoms with E-state index in [-0.39, 0.29) is 41.8 Å². The molecule has 2 saturated heterocycles. The topological polar surface area (TPSA) is 184 Å². The van der Waals surface area contributed by atoms with Crippen molar-refractivity contribution >= 4 is 45.8 Å². The molecule has 4 amide bonds. The molecular formula is C48H52N8O7. The Hall–Kier alpha value is -6.90. The molecule has 326 valence electrons. The van der Waals surface area contributed by atoms with Crippen LogP contribution in [0.2, 0.25) is 0 Å². The Morgan fingerprint density at radius 3 is 2.38 bits per heavy atom. The SMILES string of the molecule is COC(=O)NC(C(=O)N1CC(C)CC1c1nc2c(ccc3cc4c(cc32)OCc2cc(-c3cnc(C5CCC(C)N5C(=O)C(NC(=O)OC)C(C)C)[nH]3)ccc2-4)[nH]1)c1ccccc1. The first-order valence-corrected chi connectivity index (χ1v) is 21.6. The number of nitrogens with zero attached hydrogens (tertiary/aromatic N) is 4. The van der Waals surface area contributed by atoms with Crippen LogP contribution < -0.4 is 15.4 Å². The smallest absolute Gasteiger partial charge is 0.407 e. The van der Waals surface area contributed by atoms with Gasteiger partial charge in [-0.05, 0) is 89.9 Å². The third-order valence-electron chi connectivity index (χ3n) is 12.8. The van der Waals surface area contributed by atoms with Crippen molar-refractivity contribution < 1.29 is 33.4 Å². The van der Waals surface area contributed by atoms with Crippen LogP contribution in [0, 0.1) is 11.8 Å². The molecule has 4 N–H and O–H groups in total. The Morgan fingerprint density at radius 2 is 1.62 bits per heavy atom. The number of methoxy groups -OCH3 is 2. The number of likely N-dealkylation sites (tertiary alicyclic amines) is 2. The van der Waals surface area contributed by atoms with Gasteiger partial charge in [-0.3, -0.25) is 9.59 Å². The summed E-state index contributed by atoms with van der Waals surface area (Å²) in [7, 11) is 2.58. The molecule has 0 spiro atoms. The summed E-state index contributed by atoms with van der Waals surface area (Å²) >= 11 is 0. The van der Waals surface area contributed by atoms with Crippen molar-refractivity contribution in [2.75, 3.05) is 20.8 Å². The number of amides is 4. The van der Waals surface area contributed by atoms with Crippen molar-refractivity contribution in [1.29, 1.82) is 0 Å². The van der Waals surface area contributed by atoms with E-state index < -0.39 is 24.3 Å². The van der Waals surface area contributed by atoms with Crippen LogP contribution in [-0.2, 0) is 25.7 Å². The maximum Gasteiger partial charge on any atom is 0.407 e. The molecule has 15 nitrogen and oxygen atoms in total. The zero-order chi connectivity index (χ0) is 44.1. The molecule has 0 saturated carbocycles. The Kier molecular flexibility index (Phi) is 11.0. The van der Waals surface area contributed by atoms with E-state index in [0.717, 1.165) is 68.3 Å². The number of aromatic amines is 2. The first kappa shape index (κ1) is 41.5. The lowest BCUT2D eigenvalue weighted by Gasteiger charge is -2.32. The molecule has 3 aliphatic heterocycles. The predicted molar refractivity (Wildman–Crippen MR) is 236 cm³/mol. The molecule has 6 unspecified atom stereocenters. The second kappa shape index (κ2) is 16.8. The van der Waals surface area contributed by atoms with Crippen molar-refractivity contribution in [1.82, 2.24) is 40.4 Å². The standard InChI is InChI=1S/C48H52N8O7/c1-25(2)40(53-47(59)61-5)46(58)56-27(4)12-17-37(56)43-49-22-36(51-43)30-13-15-32-31(19-30)24-63-39-21-33-29(20-34(32)39)14-16-35-42(33)52-44(50-35)38-18-26(3)23-55(38)45(57)41(54-48(60)62-6)28-10-8-7-9-11-28/h7-11,13-16,19-22,25-27,37-38,40-41H,12,17-18,23-24H2,1-6H3,(H,49,51)(H,50,52)(H,53,59)(H,54,60). The zero-order valence-corrected chi connectivity index (χ0v) is 36.2. The molecule has 5 heterocycles. The van der Waals surface area contributed by atoms with Crippen molar-refractivity contribution in [3.63, 3.8) is 0 Å². The van der Waals surface area contributed by atoms with Crippen LogP contribution in [0.5, 0.6) is 5.75 Å². The molecule has 6 atom stereocenters. The third-order valence-corrected chi connectivity index (χ3v) is 12.8. The molecule has 6 aromatic rings. The van der Waals surface area contributed by atoms with E-state index in [0.29, 0.717) is 36.8 Å². The van der Waals surface area contributed by atoms with Crippen LogP contribution in [0.1, 0.15) is 87.9 Å². The van der Waals surface area contributed by atoms with Crippen LogP contribution in [0.25, 0.3) is 44.2 Å². The number of nitrogens with one attached hydrogen (secondary N) is 4. The monoisotopic (exact) mass is 852 g/mol. The van der Waals surface area contributed by atoms with E-state index in [4.69, 9.17) is 24.2 Å². The first-order valence-electron chi connectivity index (χ1n) is 21.6. The minimum Gasteiger partial charge on any atom is -0.488 e. The van der Waals surface area contributed by atoms with Crippen molar-refractivity contribution in [3.05, 3.63) is 102 Å². The Bertz CT molecular complexity index is 2730. The Balaban J connectivity index is 0.972. The number of hydrogen-bond acceptors (Lipinski definition) is 9. The summed E-state index contributed by atoms with van der Waals surface area (Å²) in [6.07, 6.45) is 2.78. The lowest BCUT2D eigenvalue weighted by Crippen LogP contribution is -2.52. The fraction of sp³-hybridized carbons (Fsp3) is 0.375. The number of benzene rings is 4. The fourth-order valence-electron chi connectivity index (χ4n) is 9.59. The third kappa shape index (κ3) is 7.69. The van der Waals surface area contributed by atoms with Gasteiger partial charge < -0.3 is 44.6 Å². The maximum absolute atomic E-state index is 14.3. The number of hydrogen-bond donors (Lipinski definition) is 4. The van der Waals surface area contributed by atoms with Gasteiger partial charge in [0.1, 0.15) is 36.1 Å². The summed E-state index contributed by atoms with van der Waals surface area (Å²) in [5.74, 6) is 1.86. The van der Waals surface area contributed by atoms with Gasteiger partial charge in [-0.2, -0.15) is 0 Å². The van der Waals surface area contributed by atoms with E-state index in [9.17, 15) is 19.2 Å². The van der Waals surface area contributed by atoms with E-state index in [2.05, 4.69) is 63.9 Å². The lowest BCUT2D eigenvalue weighted by atomic mass is 9.92. The molecule has 0 aliphatic carbocycles. The minimum absolute atomic E-state index is 0.0198. The van der Waals surface area contributed by atoms with Gasteiger partial charge in [0.2, 0.25) is 5.91 Å². The predicted octanol–water partition coefficient (Wildman–Crippen LogP) is 8.11. The summed E-state index contributed by atoms with van der Waals surface area (Å²) in [6.45, 7) is 8.85. The average Bonchev–Trinajstić information content (AvgIpc) is 4.12. The van der Waals surface area contributed by atoms with E-state index in [1.54, 1.807) is 0 Å². The Labute approximate surface area is 364 Å². The molecule has 4 aromatic carbocycles. The molecular weight excluding hydrogens is 801 g/mol.